The third kappa shape index (κ3) is 3.48. The Morgan fingerprint density at radius 2 is 1.87 bits per heavy atom. The van der Waals surface area contributed by atoms with Crippen molar-refractivity contribution in [3.63, 3.8) is 0 Å². The van der Waals surface area contributed by atoms with Crippen LogP contribution >= 0.6 is 0 Å². The number of fused-ring (bicyclic) bond motifs is 3. The number of aromatic amines is 1. The van der Waals surface area contributed by atoms with E-state index in [9.17, 15) is 4.79 Å². The van der Waals surface area contributed by atoms with Gasteiger partial charge in [0.15, 0.2) is 0 Å². The first kappa shape index (κ1) is 19.4. The van der Waals surface area contributed by atoms with Gasteiger partial charge in [0.05, 0.1) is 12.6 Å². The number of rotatable bonds is 4. The van der Waals surface area contributed by atoms with Crippen LogP contribution in [0.2, 0.25) is 0 Å². The maximum absolute atomic E-state index is 13.6. The monoisotopic (exact) mass is 410 g/mol. The lowest BCUT2D eigenvalue weighted by atomic mass is 9.91. The quantitative estimate of drug-likeness (QED) is 0.472. The van der Waals surface area contributed by atoms with Crippen LogP contribution in [0, 0.1) is 6.92 Å². The summed E-state index contributed by atoms with van der Waals surface area (Å²) in [5, 5.41) is 1.24. The van der Waals surface area contributed by atoms with Crippen molar-refractivity contribution < 1.29 is 9.53 Å². The van der Waals surface area contributed by atoms with Crippen LogP contribution in [0.1, 0.15) is 45.7 Å². The number of carbonyl (C=O) groups is 1. The number of nitrogens with one attached hydrogen (secondary N) is 1. The first-order valence-corrected chi connectivity index (χ1v) is 10.9. The summed E-state index contributed by atoms with van der Waals surface area (Å²) in [4.78, 5) is 19.2. The predicted molar refractivity (Wildman–Crippen MR) is 124 cm³/mol. The zero-order valence-electron chi connectivity index (χ0n) is 17.9. The molecule has 4 heteroatoms. The fourth-order valence-corrected chi connectivity index (χ4v) is 4.61. The molecule has 0 aliphatic carbocycles. The molecule has 1 unspecified atom stereocenters. The number of benzene rings is 3. The van der Waals surface area contributed by atoms with Crippen molar-refractivity contribution in [2.75, 3.05) is 13.2 Å². The van der Waals surface area contributed by atoms with E-state index in [1.54, 1.807) is 0 Å². The number of hydrogen-bond donors (Lipinski definition) is 1. The van der Waals surface area contributed by atoms with Crippen molar-refractivity contribution in [3.8, 4) is 5.75 Å². The zero-order chi connectivity index (χ0) is 21.4. The maximum atomic E-state index is 13.6. The molecule has 0 saturated heterocycles. The summed E-state index contributed by atoms with van der Waals surface area (Å²) in [6, 6.07) is 24.2. The largest absolute Gasteiger partial charge is 0.494 e. The third-order valence-corrected chi connectivity index (χ3v) is 6.08. The topological polar surface area (TPSA) is 45.3 Å². The lowest BCUT2D eigenvalue weighted by Crippen LogP contribution is -2.40. The molecule has 2 heterocycles. The maximum Gasteiger partial charge on any atom is 0.254 e. The Kier molecular flexibility index (Phi) is 4.99. The number of aryl methyl sites for hydroxylation is 1. The first-order chi connectivity index (χ1) is 15.2. The van der Waals surface area contributed by atoms with Gasteiger partial charge in [0.25, 0.3) is 5.91 Å². The van der Waals surface area contributed by atoms with Gasteiger partial charge in [-0.3, -0.25) is 4.79 Å². The highest BCUT2D eigenvalue weighted by Gasteiger charge is 2.35. The number of ether oxygens (including phenoxy) is 1. The van der Waals surface area contributed by atoms with Crippen molar-refractivity contribution in [1.29, 1.82) is 0 Å². The number of aromatic nitrogens is 1. The van der Waals surface area contributed by atoms with Gasteiger partial charge in [-0.25, -0.2) is 0 Å². The Labute approximate surface area is 182 Å². The normalized spacial score (nSPS) is 15.7. The van der Waals surface area contributed by atoms with Crippen LogP contribution < -0.4 is 4.74 Å². The molecular weight excluding hydrogens is 384 g/mol. The van der Waals surface area contributed by atoms with Gasteiger partial charge in [-0.05, 0) is 61.7 Å². The van der Waals surface area contributed by atoms with E-state index in [0.717, 1.165) is 40.1 Å². The number of para-hydroxylation sites is 1. The second kappa shape index (κ2) is 7.95. The average molecular weight is 411 g/mol. The van der Waals surface area contributed by atoms with Crippen LogP contribution in [-0.4, -0.2) is 28.9 Å². The van der Waals surface area contributed by atoms with E-state index in [4.69, 9.17) is 4.74 Å². The molecule has 1 N–H and O–H groups in total. The van der Waals surface area contributed by atoms with E-state index in [0.29, 0.717) is 13.2 Å². The minimum absolute atomic E-state index is 0.0520. The molecule has 1 aliphatic heterocycles. The number of nitrogens with zero attached hydrogens (tertiary/aromatic N) is 1. The highest BCUT2D eigenvalue weighted by molar-refractivity contribution is 5.95. The Balaban J connectivity index is 1.64. The minimum atomic E-state index is -0.189. The second-order valence-corrected chi connectivity index (χ2v) is 8.09. The van der Waals surface area contributed by atoms with Gasteiger partial charge in [0.2, 0.25) is 0 Å². The summed E-state index contributed by atoms with van der Waals surface area (Å²) in [5.41, 5.74) is 6.43. The molecule has 3 aromatic carbocycles. The Bertz CT molecular complexity index is 1240. The van der Waals surface area contributed by atoms with Crippen LogP contribution in [0.3, 0.4) is 0 Å². The van der Waals surface area contributed by atoms with Gasteiger partial charge in [0, 0.05) is 28.7 Å². The van der Waals surface area contributed by atoms with Crippen molar-refractivity contribution >= 4 is 16.8 Å². The molecule has 0 fully saturated rings. The van der Waals surface area contributed by atoms with E-state index in [1.165, 1.54) is 10.9 Å². The summed E-state index contributed by atoms with van der Waals surface area (Å²) in [6.07, 6.45) is 0.832. The predicted octanol–water partition coefficient (Wildman–Crippen LogP) is 5.66. The molecule has 1 aliphatic rings. The van der Waals surface area contributed by atoms with Crippen molar-refractivity contribution in [2.45, 2.75) is 26.3 Å². The molecule has 4 nitrogen and oxygen atoms in total. The van der Waals surface area contributed by atoms with Gasteiger partial charge in [-0.2, -0.15) is 0 Å². The Hall–Kier alpha value is -3.53. The lowest BCUT2D eigenvalue weighted by Gasteiger charge is -2.36. The van der Waals surface area contributed by atoms with Crippen molar-refractivity contribution in [2.24, 2.45) is 0 Å². The van der Waals surface area contributed by atoms with Crippen molar-refractivity contribution in [3.05, 3.63) is 101 Å². The van der Waals surface area contributed by atoms with E-state index in [-0.39, 0.29) is 11.9 Å². The van der Waals surface area contributed by atoms with E-state index >= 15 is 0 Å². The number of H-pyrrole nitrogens is 1. The standard InChI is InChI=1S/C27H26N2O2/c1-3-31-21-8-6-7-20(17-21)26-25-23(22-9-4-5-10-24(22)28-25)15-16-29(26)27(30)19-13-11-18(2)12-14-19/h4-14,17,26,28H,3,15-16H2,1-2H3. The number of amides is 1. The molecule has 1 atom stereocenters. The molecule has 156 valence electrons. The number of carbonyl (C=O) groups excluding carboxylic acids is 1. The van der Waals surface area contributed by atoms with Crippen LogP contribution in [0.15, 0.2) is 72.8 Å². The fraction of sp³-hybridized carbons (Fsp3) is 0.222. The SMILES string of the molecule is CCOc1cccc(C2c3[nH]c4ccccc4c3CCN2C(=O)c2ccc(C)cc2)c1. The Morgan fingerprint density at radius 1 is 1.06 bits per heavy atom. The highest BCUT2D eigenvalue weighted by Crippen LogP contribution is 2.39. The molecule has 0 bridgehead atoms. The molecule has 4 aromatic rings. The lowest BCUT2D eigenvalue weighted by molar-refractivity contribution is 0.0691. The van der Waals surface area contributed by atoms with Gasteiger partial charge in [0.1, 0.15) is 5.75 Å². The molecule has 0 spiro atoms. The first-order valence-electron chi connectivity index (χ1n) is 10.9. The van der Waals surface area contributed by atoms with Crippen molar-refractivity contribution in [1.82, 2.24) is 9.88 Å². The minimum Gasteiger partial charge on any atom is -0.494 e. The van der Waals surface area contributed by atoms with Crippen LogP contribution in [0.4, 0.5) is 0 Å². The van der Waals surface area contributed by atoms with E-state index in [1.807, 2.05) is 61.2 Å². The second-order valence-electron chi connectivity index (χ2n) is 8.09. The van der Waals surface area contributed by atoms with Gasteiger partial charge < -0.3 is 14.6 Å². The summed E-state index contributed by atoms with van der Waals surface area (Å²) in [5.74, 6) is 0.877. The van der Waals surface area contributed by atoms with Crippen LogP contribution in [-0.2, 0) is 6.42 Å². The zero-order valence-corrected chi connectivity index (χ0v) is 17.9. The van der Waals surface area contributed by atoms with Crippen LogP contribution in [0.5, 0.6) is 5.75 Å². The van der Waals surface area contributed by atoms with Gasteiger partial charge in [-0.15, -0.1) is 0 Å². The van der Waals surface area contributed by atoms with Gasteiger partial charge in [-0.1, -0.05) is 48.0 Å². The van der Waals surface area contributed by atoms with E-state index in [2.05, 4.69) is 35.3 Å². The van der Waals surface area contributed by atoms with Crippen LogP contribution in [0.25, 0.3) is 10.9 Å². The number of hydrogen-bond acceptors (Lipinski definition) is 2. The highest BCUT2D eigenvalue weighted by atomic mass is 16.5. The molecule has 1 aromatic heterocycles. The molecule has 5 rings (SSSR count). The molecule has 0 saturated carbocycles. The fourth-order valence-electron chi connectivity index (χ4n) is 4.61. The Morgan fingerprint density at radius 3 is 2.68 bits per heavy atom. The molecule has 1 amide bonds. The smallest absolute Gasteiger partial charge is 0.254 e. The van der Waals surface area contributed by atoms with Gasteiger partial charge >= 0.3 is 0 Å². The molecule has 0 radical (unpaired) electrons. The molecular formula is C27H26N2O2. The average Bonchev–Trinajstić information content (AvgIpc) is 3.17. The third-order valence-electron chi connectivity index (χ3n) is 6.08. The van der Waals surface area contributed by atoms with E-state index < -0.39 is 0 Å². The summed E-state index contributed by atoms with van der Waals surface area (Å²) in [7, 11) is 0. The molecule has 31 heavy (non-hydrogen) atoms. The summed E-state index contributed by atoms with van der Waals surface area (Å²) in [6.45, 7) is 5.30. The summed E-state index contributed by atoms with van der Waals surface area (Å²) >= 11 is 0. The summed E-state index contributed by atoms with van der Waals surface area (Å²) < 4.78 is 5.76.